The minimum Gasteiger partial charge on any atom is -0.468 e. The summed E-state index contributed by atoms with van der Waals surface area (Å²) in [5, 5.41) is 0. The molecule has 0 bridgehead atoms. The van der Waals surface area contributed by atoms with E-state index < -0.39 is 6.04 Å². The molecule has 0 aliphatic rings. The van der Waals surface area contributed by atoms with Crippen molar-refractivity contribution in [1.82, 2.24) is 0 Å². The molecule has 2 N–H and O–H groups in total. The number of esters is 1. The summed E-state index contributed by atoms with van der Waals surface area (Å²) in [4.78, 5) is 10.7. The van der Waals surface area contributed by atoms with Gasteiger partial charge in [0.15, 0.2) is 0 Å². The summed E-state index contributed by atoms with van der Waals surface area (Å²) in [7, 11) is 1.33. The van der Waals surface area contributed by atoms with E-state index in [1.807, 2.05) is 6.92 Å². The zero-order chi connectivity index (χ0) is 8.15. The third kappa shape index (κ3) is 3.35. The lowest BCUT2D eigenvalue weighted by Crippen LogP contribution is -2.32. The van der Waals surface area contributed by atoms with Gasteiger partial charge in [0.25, 0.3) is 0 Å². The molecule has 58 valence electrons. The lowest BCUT2D eigenvalue weighted by Gasteiger charge is -2.07. The topological polar surface area (TPSA) is 52.3 Å². The van der Waals surface area contributed by atoms with Gasteiger partial charge in [0.1, 0.15) is 6.04 Å². The van der Waals surface area contributed by atoms with Gasteiger partial charge in [0.2, 0.25) is 0 Å². The van der Waals surface area contributed by atoms with E-state index in [2.05, 4.69) is 11.7 Å². The highest BCUT2D eigenvalue weighted by atomic mass is 16.5. The fourth-order valence-corrected chi connectivity index (χ4v) is 0.681. The Morgan fingerprint density at radius 1 is 1.80 bits per heavy atom. The predicted octanol–water partition coefficient (Wildman–Crippen LogP) is 0.347. The van der Waals surface area contributed by atoms with E-state index in [1.54, 1.807) is 0 Å². The predicted molar refractivity (Wildman–Crippen MR) is 39.1 cm³/mol. The van der Waals surface area contributed by atoms with Gasteiger partial charge in [-0.05, 0) is 6.92 Å². The van der Waals surface area contributed by atoms with E-state index in [0.29, 0.717) is 6.42 Å². The Hall–Kier alpha value is -0.700. The fraction of sp³-hybridized carbons (Fsp3) is 0.714. The van der Waals surface area contributed by atoms with Gasteiger partial charge in [0, 0.05) is 6.42 Å². The lowest BCUT2D eigenvalue weighted by atomic mass is 10.1. The van der Waals surface area contributed by atoms with Gasteiger partial charge in [-0.2, -0.15) is 0 Å². The molecule has 0 saturated carbocycles. The maximum Gasteiger partial charge on any atom is 0.322 e. The zero-order valence-electron chi connectivity index (χ0n) is 6.46. The number of hydrogen-bond acceptors (Lipinski definition) is 3. The van der Waals surface area contributed by atoms with Crippen LogP contribution >= 0.6 is 0 Å². The average Bonchev–Trinajstić information content (AvgIpc) is 1.85. The summed E-state index contributed by atoms with van der Waals surface area (Å²) < 4.78 is 4.42. The van der Waals surface area contributed by atoms with Crippen LogP contribution in [0.5, 0.6) is 0 Å². The Morgan fingerprint density at radius 3 is 2.60 bits per heavy atom. The summed E-state index contributed by atoms with van der Waals surface area (Å²) in [6.07, 6.45) is 0.576. The second-order valence-corrected chi connectivity index (χ2v) is 2.47. The lowest BCUT2D eigenvalue weighted by molar-refractivity contribution is -0.142. The molecule has 0 aliphatic carbocycles. The first-order valence-electron chi connectivity index (χ1n) is 3.24. The van der Waals surface area contributed by atoms with Crippen molar-refractivity contribution in [3.05, 3.63) is 6.92 Å². The van der Waals surface area contributed by atoms with Gasteiger partial charge in [0.05, 0.1) is 20.0 Å². The number of nitrogens with two attached hydrogens (primary N) is 1. The summed E-state index contributed by atoms with van der Waals surface area (Å²) in [5.41, 5.74) is 5.41. The molecule has 3 heteroatoms. The molecule has 1 unspecified atom stereocenters. The van der Waals surface area contributed by atoms with E-state index in [9.17, 15) is 4.79 Å². The highest BCUT2D eigenvalue weighted by molar-refractivity contribution is 5.75. The quantitative estimate of drug-likeness (QED) is 0.459. The number of carbonyl (C=O) groups excluding carboxylic acids is 1. The van der Waals surface area contributed by atoms with Crippen molar-refractivity contribution >= 4 is 5.97 Å². The van der Waals surface area contributed by atoms with Gasteiger partial charge < -0.3 is 10.5 Å². The summed E-state index contributed by atoms with van der Waals surface area (Å²) in [6.45, 7) is 5.61. The normalized spacial score (nSPS) is 15.9. The summed E-state index contributed by atoms with van der Waals surface area (Å²) in [6, 6.07) is -0.516. The third-order valence-corrected chi connectivity index (χ3v) is 1.16. The molecule has 0 rings (SSSR count). The third-order valence-electron chi connectivity index (χ3n) is 1.16. The van der Waals surface area contributed by atoms with Gasteiger partial charge in [-0.3, -0.25) is 4.79 Å². The van der Waals surface area contributed by atoms with E-state index in [1.165, 1.54) is 7.11 Å². The maximum atomic E-state index is 10.7. The van der Waals surface area contributed by atoms with Crippen molar-refractivity contribution in [1.29, 1.82) is 0 Å². The smallest absolute Gasteiger partial charge is 0.322 e. The van der Waals surface area contributed by atoms with E-state index in [0.717, 1.165) is 0 Å². The van der Waals surface area contributed by atoms with Gasteiger partial charge in [-0.15, -0.1) is 0 Å². The molecule has 10 heavy (non-hydrogen) atoms. The summed E-state index contributed by atoms with van der Waals surface area (Å²) in [5.74, 6) is -0.176. The van der Waals surface area contributed by atoms with Crippen molar-refractivity contribution in [3.63, 3.8) is 0 Å². The number of carbonyl (C=O) groups is 1. The van der Waals surface area contributed by atoms with Crippen LogP contribution in [0, 0.1) is 12.8 Å². The van der Waals surface area contributed by atoms with Crippen molar-refractivity contribution in [2.75, 3.05) is 7.11 Å². The number of rotatable bonds is 3. The summed E-state index contributed by atoms with van der Waals surface area (Å²) >= 11 is 0. The maximum absolute atomic E-state index is 10.7. The molecule has 0 aromatic heterocycles. The number of hydrogen-bond donors (Lipinski definition) is 1. The van der Waals surface area contributed by atoms with Crippen LogP contribution in [0.1, 0.15) is 13.3 Å². The van der Waals surface area contributed by atoms with Crippen molar-refractivity contribution in [3.8, 4) is 0 Å². The van der Waals surface area contributed by atoms with Crippen molar-refractivity contribution in [2.45, 2.75) is 19.4 Å². The first kappa shape index (κ1) is 9.30. The van der Waals surface area contributed by atoms with E-state index in [4.69, 9.17) is 5.73 Å². The second kappa shape index (κ2) is 4.17. The molecular formula is C7H14NO2+. The highest BCUT2D eigenvalue weighted by Crippen LogP contribution is 2.02. The Balaban J connectivity index is 3.61. The molecule has 2 atom stereocenters. The highest BCUT2D eigenvalue weighted by Gasteiger charge is 2.17. The number of methoxy groups -OCH3 is 1. The SMILES string of the molecule is [CH2+]C(C)C[C@@H](N)C(=O)OC. The zero-order valence-corrected chi connectivity index (χ0v) is 6.46. The van der Waals surface area contributed by atoms with Crippen LogP contribution in [0.15, 0.2) is 0 Å². The van der Waals surface area contributed by atoms with Gasteiger partial charge in [-0.25, -0.2) is 0 Å². The molecular weight excluding hydrogens is 130 g/mol. The molecule has 3 nitrogen and oxygen atoms in total. The van der Waals surface area contributed by atoms with E-state index in [-0.39, 0.29) is 11.9 Å². The Bertz CT molecular complexity index is 112. The van der Waals surface area contributed by atoms with Gasteiger partial charge in [-0.1, -0.05) is 0 Å². The first-order valence-corrected chi connectivity index (χ1v) is 3.24. The molecule has 0 aromatic carbocycles. The molecule has 0 radical (unpaired) electrons. The largest absolute Gasteiger partial charge is 0.468 e. The van der Waals surface area contributed by atoms with E-state index >= 15 is 0 Å². The van der Waals surface area contributed by atoms with Gasteiger partial charge >= 0.3 is 5.97 Å². The molecule has 0 heterocycles. The Labute approximate surface area is 61.5 Å². The first-order chi connectivity index (χ1) is 4.57. The van der Waals surface area contributed by atoms with Crippen molar-refractivity contribution in [2.24, 2.45) is 11.7 Å². The van der Waals surface area contributed by atoms with Crippen LogP contribution in [0.3, 0.4) is 0 Å². The van der Waals surface area contributed by atoms with Crippen LogP contribution in [-0.4, -0.2) is 19.1 Å². The second-order valence-electron chi connectivity index (χ2n) is 2.47. The minimum atomic E-state index is -0.516. The molecule has 0 amide bonds. The van der Waals surface area contributed by atoms with Crippen LogP contribution in [-0.2, 0) is 9.53 Å². The van der Waals surface area contributed by atoms with Crippen LogP contribution in [0.4, 0.5) is 0 Å². The Morgan fingerprint density at radius 2 is 2.30 bits per heavy atom. The van der Waals surface area contributed by atoms with Crippen LogP contribution in [0.2, 0.25) is 0 Å². The standard InChI is InChI=1S/C7H14NO2/c1-5(2)4-6(8)7(9)10-3/h5-6H,1,4,8H2,2-3H3/q+1/t5?,6-/m1/s1. The molecule has 0 aromatic rings. The molecule has 0 saturated heterocycles. The monoisotopic (exact) mass is 144 g/mol. The molecule has 0 spiro atoms. The molecule has 0 fully saturated rings. The van der Waals surface area contributed by atoms with Crippen LogP contribution < -0.4 is 5.73 Å². The van der Waals surface area contributed by atoms with Crippen LogP contribution in [0.25, 0.3) is 0 Å². The average molecular weight is 144 g/mol. The fourth-order valence-electron chi connectivity index (χ4n) is 0.681. The Kier molecular flexibility index (Phi) is 3.88. The number of ether oxygens (including phenoxy) is 1. The molecule has 0 aliphatic heterocycles. The van der Waals surface area contributed by atoms with Crippen molar-refractivity contribution < 1.29 is 9.53 Å². The minimum absolute atomic E-state index is 0.189.